The first kappa shape index (κ1) is 11.8. The molecule has 0 aliphatic rings. The molecular formula is C9H11NaO2. The number of rotatable bonds is 3. The van der Waals surface area contributed by atoms with Crippen molar-refractivity contribution in [2.24, 2.45) is 0 Å². The van der Waals surface area contributed by atoms with Crippen molar-refractivity contribution in [3.05, 3.63) is 35.9 Å². The van der Waals surface area contributed by atoms with Crippen LogP contribution in [0.3, 0.4) is 0 Å². The van der Waals surface area contributed by atoms with E-state index in [9.17, 15) is 4.79 Å². The molecule has 0 aromatic heterocycles. The van der Waals surface area contributed by atoms with E-state index in [1.165, 1.54) is 7.11 Å². The van der Waals surface area contributed by atoms with Gasteiger partial charge in [-0.05, 0) is 0 Å². The van der Waals surface area contributed by atoms with E-state index in [0.717, 1.165) is 0 Å². The van der Waals surface area contributed by atoms with Gasteiger partial charge < -0.3 is 4.74 Å². The maximum atomic E-state index is 11.1. The molecule has 0 heterocycles. The van der Waals surface area contributed by atoms with Gasteiger partial charge in [-0.25, -0.2) is 0 Å². The molecule has 0 aliphatic carbocycles. The van der Waals surface area contributed by atoms with E-state index in [1.54, 1.807) is 12.1 Å². The quantitative estimate of drug-likeness (QED) is 0.502. The van der Waals surface area contributed by atoms with E-state index in [1.807, 2.05) is 18.2 Å². The number of hydrogen-bond acceptors (Lipinski definition) is 2. The SMILES string of the molecule is COCC(=O)c1ccccc1.[NaH]. The first-order chi connectivity index (χ1) is 5.34. The average Bonchev–Trinajstić information content (AvgIpc) is 2.07. The van der Waals surface area contributed by atoms with Gasteiger partial charge in [0.2, 0.25) is 0 Å². The van der Waals surface area contributed by atoms with Crippen LogP contribution in [0.25, 0.3) is 0 Å². The molecule has 1 rings (SSSR count). The van der Waals surface area contributed by atoms with E-state index < -0.39 is 0 Å². The molecular weight excluding hydrogens is 163 g/mol. The van der Waals surface area contributed by atoms with Crippen LogP contribution >= 0.6 is 0 Å². The third-order valence-corrected chi connectivity index (χ3v) is 1.37. The summed E-state index contributed by atoms with van der Waals surface area (Å²) in [5, 5.41) is 0. The van der Waals surface area contributed by atoms with Crippen molar-refractivity contribution in [2.75, 3.05) is 13.7 Å². The van der Waals surface area contributed by atoms with E-state index in [4.69, 9.17) is 4.74 Å². The average molecular weight is 174 g/mol. The Labute approximate surface area is 94.2 Å². The zero-order chi connectivity index (χ0) is 8.10. The fourth-order valence-electron chi connectivity index (χ4n) is 0.838. The predicted molar refractivity (Wildman–Crippen MR) is 49.8 cm³/mol. The number of ketones is 1. The Balaban J connectivity index is 0.00000121. The fraction of sp³-hybridized carbons (Fsp3) is 0.222. The topological polar surface area (TPSA) is 26.3 Å². The van der Waals surface area contributed by atoms with Crippen molar-refractivity contribution in [1.29, 1.82) is 0 Å². The Morgan fingerprint density at radius 1 is 1.33 bits per heavy atom. The second kappa shape index (κ2) is 6.38. The van der Waals surface area contributed by atoms with Crippen molar-refractivity contribution >= 4 is 35.3 Å². The molecule has 1 aromatic carbocycles. The third-order valence-electron chi connectivity index (χ3n) is 1.37. The Morgan fingerprint density at radius 2 is 1.92 bits per heavy atom. The Bertz CT molecular complexity index is 234. The van der Waals surface area contributed by atoms with Gasteiger partial charge in [0.05, 0.1) is 0 Å². The molecule has 0 fully saturated rings. The summed E-state index contributed by atoms with van der Waals surface area (Å²) in [5.41, 5.74) is 0.703. The van der Waals surface area contributed by atoms with Crippen molar-refractivity contribution in [3.8, 4) is 0 Å². The molecule has 3 heteroatoms. The van der Waals surface area contributed by atoms with Gasteiger partial charge in [-0.1, -0.05) is 30.3 Å². The third kappa shape index (κ3) is 3.50. The molecule has 2 nitrogen and oxygen atoms in total. The summed E-state index contributed by atoms with van der Waals surface area (Å²) in [4.78, 5) is 11.1. The number of Topliss-reactive ketones (excluding diaryl/α,β-unsaturated/α-hetero) is 1. The van der Waals surface area contributed by atoms with Crippen LogP contribution in [-0.2, 0) is 4.74 Å². The number of ether oxygens (including phenoxy) is 1. The Kier molecular flexibility index (Phi) is 6.30. The molecule has 0 amide bonds. The molecule has 0 aliphatic heterocycles. The van der Waals surface area contributed by atoms with Crippen molar-refractivity contribution in [1.82, 2.24) is 0 Å². The fourth-order valence-corrected chi connectivity index (χ4v) is 0.838. The monoisotopic (exact) mass is 174 g/mol. The summed E-state index contributed by atoms with van der Waals surface area (Å²) < 4.78 is 4.71. The normalized spacial score (nSPS) is 8.75. The molecule has 0 saturated heterocycles. The van der Waals surface area contributed by atoms with Crippen LogP contribution in [0.15, 0.2) is 30.3 Å². The van der Waals surface area contributed by atoms with Gasteiger partial charge in [0.15, 0.2) is 5.78 Å². The van der Waals surface area contributed by atoms with Crippen LogP contribution in [-0.4, -0.2) is 49.1 Å². The van der Waals surface area contributed by atoms with Crippen molar-refractivity contribution in [2.45, 2.75) is 0 Å². The molecule has 1 aromatic rings. The summed E-state index contributed by atoms with van der Waals surface area (Å²) in [6.07, 6.45) is 0. The summed E-state index contributed by atoms with van der Waals surface area (Å²) in [6.45, 7) is 0.157. The molecule has 0 radical (unpaired) electrons. The molecule has 60 valence electrons. The Hall–Kier alpha value is -0.150. The van der Waals surface area contributed by atoms with Crippen LogP contribution in [0.1, 0.15) is 10.4 Å². The van der Waals surface area contributed by atoms with Gasteiger partial charge >= 0.3 is 29.6 Å². The van der Waals surface area contributed by atoms with E-state index in [-0.39, 0.29) is 41.9 Å². The van der Waals surface area contributed by atoms with Crippen LogP contribution in [0.5, 0.6) is 0 Å². The molecule has 12 heavy (non-hydrogen) atoms. The zero-order valence-electron chi connectivity index (χ0n) is 6.41. The van der Waals surface area contributed by atoms with Crippen LogP contribution in [0, 0.1) is 0 Å². The van der Waals surface area contributed by atoms with Gasteiger partial charge in [0, 0.05) is 12.7 Å². The van der Waals surface area contributed by atoms with Gasteiger partial charge in [0.1, 0.15) is 6.61 Å². The Morgan fingerprint density at radius 3 is 2.42 bits per heavy atom. The summed E-state index contributed by atoms with van der Waals surface area (Å²) >= 11 is 0. The first-order valence-corrected chi connectivity index (χ1v) is 3.42. The van der Waals surface area contributed by atoms with E-state index >= 15 is 0 Å². The molecule has 0 unspecified atom stereocenters. The van der Waals surface area contributed by atoms with E-state index in [2.05, 4.69) is 0 Å². The van der Waals surface area contributed by atoms with Crippen LogP contribution in [0.2, 0.25) is 0 Å². The molecule has 0 N–H and O–H groups in total. The zero-order valence-corrected chi connectivity index (χ0v) is 6.41. The van der Waals surface area contributed by atoms with Crippen molar-refractivity contribution in [3.63, 3.8) is 0 Å². The molecule has 0 saturated carbocycles. The molecule has 0 atom stereocenters. The minimum atomic E-state index is 0. The van der Waals surface area contributed by atoms with Gasteiger partial charge in [-0.15, -0.1) is 0 Å². The van der Waals surface area contributed by atoms with Crippen LogP contribution < -0.4 is 0 Å². The van der Waals surface area contributed by atoms with Gasteiger partial charge in [-0.2, -0.15) is 0 Å². The minimum absolute atomic E-state index is 0. The number of benzene rings is 1. The predicted octanol–water partition coefficient (Wildman–Crippen LogP) is 0.867. The van der Waals surface area contributed by atoms with Gasteiger partial charge in [-0.3, -0.25) is 4.79 Å². The standard InChI is InChI=1S/C9H10O2.Na.H/c1-11-7-9(10)8-5-3-2-4-6-8;;/h2-6H,7H2,1H3;;. The molecule has 0 bridgehead atoms. The van der Waals surface area contributed by atoms with E-state index in [0.29, 0.717) is 5.56 Å². The summed E-state index contributed by atoms with van der Waals surface area (Å²) in [6, 6.07) is 9.11. The second-order valence-electron chi connectivity index (χ2n) is 2.22. The number of hydrogen-bond donors (Lipinski definition) is 0. The van der Waals surface area contributed by atoms with Gasteiger partial charge in [0.25, 0.3) is 0 Å². The maximum absolute atomic E-state index is 11.1. The summed E-state index contributed by atoms with van der Waals surface area (Å²) in [5.74, 6) is 0.0214. The molecule has 0 spiro atoms. The van der Waals surface area contributed by atoms with Crippen molar-refractivity contribution < 1.29 is 9.53 Å². The summed E-state index contributed by atoms with van der Waals surface area (Å²) in [7, 11) is 1.51. The number of carbonyl (C=O) groups excluding carboxylic acids is 1. The first-order valence-electron chi connectivity index (χ1n) is 3.42. The number of carbonyl (C=O) groups is 1. The number of methoxy groups -OCH3 is 1. The van der Waals surface area contributed by atoms with Crippen LogP contribution in [0.4, 0.5) is 0 Å². The second-order valence-corrected chi connectivity index (χ2v) is 2.22.